The summed E-state index contributed by atoms with van der Waals surface area (Å²) in [7, 11) is 0. The molecule has 27 heavy (non-hydrogen) atoms. The Morgan fingerprint density at radius 1 is 1.37 bits per heavy atom. The summed E-state index contributed by atoms with van der Waals surface area (Å²) in [6.07, 6.45) is 3.26. The predicted molar refractivity (Wildman–Crippen MR) is 103 cm³/mol. The van der Waals surface area contributed by atoms with Crippen molar-refractivity contribution in [3.05, 3.63) is 42.0 Å². The highest BCUT2D eigenvalue weighted by atomic mass is 32.2. The first-order chi connectivity index (χ1) is 13.2. The second-order valence-electron chi connectivity index (χ2n) is 6.43. The molecular weight excluding hydrogens is 366 g/mol. The molecule has 4 rings (SSSR count). The summed E-state index contributed by atoms with van der Waals surface area (Å²) < 4.78 is 5.51. The summed E-state index contributed by atoms with van der Waals surface area (Å²) in [5.74, 6) is -0.00164. The van der Waals surface area contributed by atoms with Gasteiger partial charge in [0.25, 0.3) is 0 Å². The number of nitrogens with zero attached hydrogens (tertiary/aromatic N) is 2. The summed E-state index contributed by atoms with van der Waals surface area (Å²) in [4.78, 5) is 26.0. The Hall–Kier alpha value is -2.52. The van der Waals surface area contributed by atoms with E-state index >= 15 is 0 Å². The van der Waals surface area contributed by atoms with E-state index in [2.05, 4.69) is 21.2 Å². The van der Waals surface area contributed by atoms with Gasteiger partial charge in [0.1, 0.15) is 0 Å². The fourth-order valence-corrected chi connectivity index (χ4v) is 4.02. The molecule has 0 aliphatic carbocycles. The molecular formula is C18H21N5O3S. The number of ether oxygens (including phenoxy) is 1. The van der Waals surface area contributed by atoms with E-state index in [0.29, 0.717) is 11.7 Å². The van der Waals surface area contributed by atoms with Gasteiger partial charge in [-0.1, -0.05) is 42.1 Å². The number of thioether (sulfide) groups is 1. The highest BCUT2D eigenvalue weighted by molar-refractivity contribution is 8.14. The van der Waals surface area contributed by atoms with Crippen LogP contribution in [0.4, 0.5) is 0 Å². The number of benzene rings is 1. The minimum absolute atomic E-state index is 0.0621. The van der Waals surface area contributed by atoms with Gasteiger partial charge in [-0.15, -0.1) is 0 Å². The van der Waals surface area contributed by atoms with Crippen molar-refractivity contribution in [1.29, 1.82) is 0 Å². The quantitative estimate of drug-likeness (QED) is 0.687. The average Bonchev–Trinajstić information content (AvgIpc) is 3.34. The number of rotatable bonds is 5. The molecule has 3 N–H and O–H groups in total. The lowest BCUT2D eigenvalue weighted by Crippen LogP contribution is -2.54. The number of hydrogen-bond acceptors (Lipinski definition) is 7. The zero-order chi connectivity index (χ0) is 18.6. The fourth-order valence-electron chi connectivity index (χ4n) is 3.19. The first kappa shape index (κ1) is 17.9. The van der Waals surface area contributed by atoms with Crippen LogP contribution in [0.25, 0.3) is 5.70 Å². The molecule has 8 nitrogen and oxygen atoms in total. The third kappa shape index (κ3) is 4.09. The Morgan fingerprint density at radius 2 is 2.22 bits per heavy atom. The number of nitrogens with one attached hydrogen (secondary N) is 3. The minimum Gasteiger partial charge on any atom is -0.376 e. The van der Waals surface area contributed by atoms with E-state index < -0.39 is 6.29 Å². The van der Waals surface area contributed by atoms with Crippen LogP contribution in [-0.2, 0) is 14.3 Å². The highest BCUT2D eigenvalue weighted by Crippen LogP contribution is 2.29. The summed E-state index contributed by atoms with van der Waals surface area (Å²) >= 11 is 1.33. The number of carbonyl (C=O) groups excluding carboxylic acids is 2. The SMILES string of the molecule is O=C1C=C(c2ccccc2)N2C(SCC(=O)NCC3CCCO3)=NNC2N1. The van der Waals surface area contributed by atoms with Gasteiger partial charge in [-0.05, 0) is 18.4 Å². The largest absolute Gasteiger partial charge is 0.376 e. The summed E-state index contributed by atoms with van der Waals surface area (Å²) in [5, 5.41) is 10.7. The molecule has 2 amide bonds. The Bertz CT molecular complexity index is 776. The van der Waals surface area contributed by atoms with E-state index in [9.17, 15) is 9.59 Å². The molecule has 9 heteroatoms. The van der Waals surface area contributed by atoms with E-state index in [1.807, 2.05) is 35.2 Å². The zero-order valence-corrected chi connectivity index (χ0v) is 15.5. The van der Waals surface area contributed by atoms with E-state index in [-0.39, 0.29) is 23.7 Å². The van der Waals surface area contributed by atoms with E-state index in [1.165, 1.54) is 11.8 Å². The van der Waals surface area contributed by atoms with Crippen molar-refractivity contribution in [3.63, 3.8) is 0 Å². The van der Waals surface area contributed by atoms with Gasteiger partial charge in [0.15, 0.2) is 11.5 Å². The fraction of sp³-hybridized carbons (Fsp3) is 0.389. The molecule has 0 saturated carbocycles. The highest BCUT2D eigenvalue weighted by Gasteiger charge is 2.36. The van der Waals surface area contributed by atoms with Crippen molar-refractivity contribution < 1.29 is 14.3 Å². The molecule has 3 aliphatic heterocycles. The number of carbonyl (C=O) groups is 2. The molecule has 142 valence electrons. The van der Waals surface area contributed by atoms with Crippen molar-refractivity contribution in [2.45, 2.75) is 25.2 Å². The van der Waals surface area contributed by atoms with Crippen LogP contribution in [0, 0.1) is 0 Å². The second-order valence-corrected chi connectivity index (χ2v) is 7.37. The third-order valence-electron chi connectivity index (χ3n) is 4.51. The molecule has 1 saturated heterocycles. The van der Waals surface area contributed by atoms with Crippen LogP contribution in [0.1, 0.15) is 18.4 Å². The standard InChI is InChI=1S/C18H21N5O3S/c24-15-9-14(12-5-2-1-3-6-12)23-17(20-15)21-22-18(23)27-11-16(25)19-10-13-7-4-8-26-13/h1-3,5-6,9,13,17,21H,4,7-8,10-11H2,(H,19,25)(H,20,24). The van der Waals surface area contributed by atoms with Gasteiger partial charge in [0.05, 0.1) is 17.6 Å². The number of amides is 2. The van der Waals surface area contributed by atoms with Gasteiger partial charge >= 0.3 is 0 Å². The van der Waals surface area contributed by atoms with Crippen LogP contribution < -0.4 is 16.1 Å². The molecule has 3 heterocycles. The Labute approximate surface area is 161 Å². The van der Waals surface area contributed by atoms with Crippen LogP contribution in [0.2, 0.25) is 0 Å². The van der Waals surface area contributed by atoms with E-state index in [1.54, 1.807) is 6.08 Å². The monoisotopic (exact) mass is 387 g/mol. The number of fused-ring (bicyclic) bond motifs is 1. The van der Waals surface area contributed by atoms with Crippen molar-refractivity contribution in [2.24, 2.45) is 5.10 Å². The normalized spacial score (nSPS) is 23.9. The maximum Gasteiger partial charge on any atom is 0.249 e. The molecule has 3 aliphatic rings. The third-order valence-corrected chi connectivity index (χ3v) is 5.46. The number of hydrogen-bond donors (Lipinski definition) is 3. The van der Waals surface area contributed by atoms with E-state index in [0.717, 1.165) is 30.7 Å². The predicted octanol–water partition coefficient (Wildman–Crippen LogP) is 0.646. The van der Waals surface area contributed by atoms with Crippen molar-refractivity contribution in [2.75, 3.05) is 18.9 Å². The molecule has 0 aromatic heterocycles. The smallest absolute Gasteiger partial charge is 0.249 e. The molecule has 0 radical (unpaired) electrons. The molecule has 2 unspecified atom stereocenters. The maximum absolute atomic E-state index is 12.2. The summed E-state index contributed by atoms with van der Waals surface area (Å²) in [6, 6.07) is 9.65. The van der Waals surface area contributed by atoms with Crippen LogP contribution in [0.3, 0.4) is 0 Å². The first-order valence-corrected chi connectivity index (χ1v) is 9.90. The molecule has 1 aromatic carbocycles. The summed E-state index contributed by atoms with van der Waals surface area (Å²) in [5.41, 5.74) is 4.57. The van der Waals surface area contributed by atoms with Crippen molar-refractivity contribution >= 4 is 34.4 Å². The second kappa shape index (κ2) is 8.01. The van der Waals surface area contributed by atoms with Gasteiger partial charge in [-0.2, -0.15) is 5.10 Å². The van der Waals surface area contributed by atoms with Gasteiger partial charge in [-0.25, -0.2) is 0 Å². The van der Waals surface area contributed by atoms with Gasteiger partial charge in [-0.3, -0.25) is 19.9 Å². The molecule has 2 atom stereocenters. The van der Waals surface area contributed by atoms with Crippen molar-refractivity contribution in [1.82, 2.24) is 21.0 Å². The number of amidine groups is 1. The average molecular weight is 387 g/mol. The molecule has 1 aromatic rings. The van der Waals surface area contributed by atoms with Crippen LogP contribution >= 0.6 is 11.8 Å². The Morgan fingerprint density at radius 3 is 3.00 bits per heavy atom. The summed E-state index contributed by atoms with van der Waals surface area (Å²) in [6.45, 7) is 1.32. The molecule has 0 spiro atoms. The molecule has 0 bridgehead atoms. The van der Waals surface area contributed by atoms with Gasteiger partial charge < -0.3 is 15.4 Å². The Balaban J connectivity index is 1.39. The topological polar surface area (TPSA) is 95.1 Å². The van der Waals surface area contributed by atoms with E-state index in [4.69, 9.17) is 4.74 Å². The zero-order valence-electron chi connectivity index (χ0n) is 14.7. The lowest BCUT2D eigenvalue weighted by molar-refractivity contribution is -0.119. The van der Waals surface area contributed by atoms with Crippen LogP contribution in [-0.4, -0.2) is 53.2 Å². The lowest BCUT2D eigenvalue weighted by Gasteiger charge is -2.32. The molecule has 1 fully saturated rings. The van der Waals surface area contributed by atoms with Gasteiger partial charge in [0, 0.05) is 19.2 Å². The number of hydrazone groups is 1. The van der Waals surface area contributed by atoms with Crippen LogP contribution in [0.15, 0.2) is 41.5 Å². The minimum atomic E-state index is -0.449. The van der Waals surface area contributed by atoms with Crippen molar-refractivity contribution in [3.8, 4) is 0 Å². The first-order valence-electron chi connectivity index (χ1n) is 8.92. The van der Waals surface area contributed by atoms with Crippen LogP contribution in [0.5, 0.6) is 0 Å². The lowest BCUT2D eigenvalue weighted by atomic mass is 10.1. The van der Waals surface area contributed by atoms with Gasteiger partial charge in [0.2, 0.25) is 11.8 Å². The Kier molecular flexibility index (Phi) is 5.30. The maximum atomic E-state index is 12.2.